The van der Waals surface area contributed by atoms with E-state index < -0.39 is 0 Å². The van der Waals surface area contributed by atoms with E-state index in [1.165, 1.54) is 10.9 Å². The van der Waals surface area contributed by atoms with E-state index in [4.69, 9.17) is 0 Å². The molecule has 4 rings (SSSR count). The lowest BCUT2D eigenvalue weighted by Crippen LogP contribution is -2.13. The fraction of sp³-hybridized carbons (Fsp3) is 0.105. The zero-order valence-corrected chi connectivity index (χ0v) is 12.6. The molecule has 2 heterocycles. The van der Waals surface area contributed by atoms with Crippen LogP contribution < -0.4 is 5.32 Å². The molecule has 4 aromatic rings. The van der Waals surface area contributed by atoms with E-state index >= 15 is 0 Å². The van der Waals surface area contributed by atoms with E-state index in [9.17, 15) is 5.11 Å². The monoisotopic (exact) mass is 303 g/mol. The number of aromatic nitrogens is 2. The number of hydrogen-bond donors (Lipinski definition) is 3. The Morgan fingerprint density at radius 3 is 2.83 bits per heavy atom. The number of para-hydroxylation sites is 2. The maximum Gasteiger partial charge on any atom is 0.141 e. The minimum Gasteiger partial charge on any atom is -0.506 e. The number of fused-ring (bicyclic) bond motifs is 2. The second-order valence-electron chi connectivity index (χ2n) is 5.61. The van der Waals surface area contributed by atoms with Crippen LogP contribution in [0.1, 0.15) is 11.3 Å². The summed E-state index contributed by atoms with van der Waals surface area (Å²) in [5, 5.41) is 15.5. The molecule has 0 atom stereocenters. The van der Waals surface area contributed by atoms with Crippen LogP contribution in [0.4, 0.5) is 0 Å². The summed E-state index contributed by atoms with van der Waals surface area (Å²) in [6.45, 7) is 1.42. The quantitative estimate of drug-likeness (QED) is 0.538. The number of benzene rings is 2. The van der Waals surface area contributed by atoms with Gasteiger partial charge >= 0.3 is 0 Å². The van der Waals surface area contributed by atoms with Gasteiger partial charge in [0, 0.05) is 35.6 Å². The second-order valence-corrected chi connectivity index (χ2v) is 5.61. The van der Waals surface area contributed by atoms with E-state index in [1.54, 1.807) is 6.07 Å². The van der Waals surface area contributed by atoms with Gasteiger partial charge in [-0.05, 0) is 23.8 Å². The Kier molecular flexibility index (Phi) is 3.44. The normalized spacial score (nSPS) is 11.3. The van der Waals surface area contributed by atoms with Crippen LogP contribution >= 0.6 is 0 Å². The summed E-state index contributed by atoms with van der Waals surface area (Å²) in [6, 6.07) is 17.7. The molecule has 0 spiro atoms. The molecule has 0 aliphatic rings. The fourth-order valence-electron chi connectivity index (χ4n) is 2.87. The lowest BCUT2D eigenvalue weighted by molar-refractivity contribution is 0.480. The standard InChI is InChI=1S/C19H17N3O/c23-18-7-3-4-13-8-9-15(22-19(13)18)12-20-10-14-11-21-17-6-2-1-5-16(14)17/h1-9,11,20-21,23H,10,12H2. The van der Waals surface area contributed by atoms with Gasteiger partial charge in [0.05, 0.1) is 5.69 Å². The highest BCUT2D eigenvalue weighted by Crippen LogP contribution is 2.22. The van der Waals surface area contributed by atoms with Gasteiger partial charge < -0.3 is 15.4 Å². The third-order valence-electron chi connectivity index (χ3n) is 4.05. The predicted molar refractivity (Wildman–Crippen MR) is 92.3 cm³/mol. The molecule has 0 saturated heterocycles. The van der Waals surface area contributed by atoms with Crippen molar-refractivity contribution >= 4 is 21.8 Å². The Hall–Kier alpha value is -2.85. The molecule has 0 radical (unpaired) electrons. The Balaban J connectivity index is 1.50. The number of pyridine rings is 1. The molecule has 0 unspecified atom stereocenters. The number of hydrogen-bond acceptors (Lipinski definition) is 3. The van der Waals surface area contributed by atoms with Crippen molar-refractivity contribution < 1.29 is 5.11 Å². The summed E-state index contributed by atoms with van der Waals surface area (Å²) in [5.74, 6) is 0.223. The SMILES string of the molecule is Oc1cccc2ccc(CNCc3c[nH]c4ccccc34)nc12. The average molecular weight is 303 g/mol. The van der Waals surface area contributed by atoms with Gasteiger partial charge in [0.25, 0.3) is 0 Å². The third kappa shape index (κ3) is 2.64. The Morgan fingerprint density at radius 2 is 1.87 bits per heavy atom. The smallest absolute Gasteiger partial charge is 0.141 e. The zero-order valence-electron chi connectivity index (χ0n) is 12.6. The van der Waals surface area contributed by atoms with Gasteiger partial charge in [-0.2, -0.15) is 0 Å². The Labute approximate surface area is 133 Å². The van der Waals surface area contributed by atoms with Gasteiger partial charge in [-0.15, -0.1) is 0 Å². The van der Waals surface area contributed by atoms with Crippen molar-refractivity contribution in [1.29, 1.82) is 0 Å². The number of nitrogens with zero attached hydrogens (tertiary/aromatic N) is 1. The van der Waals surface area contributed by atoms with Crippen LogP contribution in [0.25, 0.3) is 21.8 Å². The maximum absolute atomic E-state index is 9.90. The van der Waals surface area contributed by atoms with Crippen molar-refractivity contribution in [3.05, 3.63) is 72.1 Å². The third-order valence-corrected chi connectivity index (χ3v) is 4.05. The molecular formula is C19H17N3O. The van der Waals surface area contributed by atoms with Crippen molar-refractivity contribution in [3.8, 4) is 5.75 Å². The van der Waals surface area contributed by atoms with Gasteiger partial charge in [-0.3, -0.25) is 0 Å². The zero-order chi connectivity index (χ0) is 15.6. The summed E-state index contributed by atoms with van der Waals surface area (Å²) in [7, 11) is 0. The summed E-state index contributed by atoms with van der Waals surface area (Å²) in [4.78, 5) is 7.82. The summed E-state index contributed by atoms with van der Waals surface area (Å²) in [6.07, 6.45) is 2.04. The van der Waals surface area contributed by atoms with Gasteiger partial charge in [0.2, 0.25) is 0 Å². The highest BCUT2D eigenvalue weighted by Gasteiger charge is 2.04. The average Bonchev–Trinajstić information content (AvgIpc) is 2.99. The first-order valence-electron chi connectivity index (χ1n) is 7.64. The first-order valence-corrected chi connectivity index (χ1v) is 7.64. The molecule has 0 bridgehead atoms. The van der Waals surface area contributed by atoms with E-state index in [0.717, 1.165) is 23.1 Å². The Bertz CT molecular complexity index is 975. The predicted octanol–water partition coefficient (Wildman–Crippen LogP) is 3.71. The second kappa shape index (κ2) is 5.74. The lowest BCUT2D eigenvalue weighted by atomic mass is 10.1. The van der Waals surface area contributed by atoms with Crippen LogP contribution in [0.3, 0.4) is 0 Å². The number of nitrogens with one attached hydrogen (secondary N) is 2. The largest absolute Gasteiger partial charge is 0.506 e. The number of phenols is 1. The number of phenolic OH excluding ortho intramolecular Hbond substituents is 1. The van der Waals surface area contributed by atoms with E-state index in [0.29, 0.717) is 12.1 Å². The molecule has 2 aromatic carbocycles. The van der Waals surface area contributed by atoms with Crippen molar-refractivity contribution in [2.24, 2.45) is 0 Å². The summed E-state index contributed by atoms with van der Waals surface area (Å²) in [5.41, 5.74) is 3.96. The number of aromatic amines is 1. The molecule has 0 saturated carbocycles. The molecule has 0 amide bonds. The number of H-pyrrole nitrogens is 1. The van der Waals surface area contributed by atoms with Crippen molar-refractivity contribution in [2.45, 2.75) is 13.1 Å². The molecule has 0 fully saturated rings. The minimum atomic E-state index is 0.223. The summed E-state index contributed by atoms with van der Waals surface area (Å²) < 4.78 is 0. The minimum absolute atomic E-state index is 0.223. The van der Waals surface area contributed by atoms with Crippen molar-refractivity contribution in [2.75, 3.05) is 0 Å². The van der Waals surface area contributed by atoms with Crippen LogP contribution in [0.15, 0.2) is 60.8 Å². The first kappa shape index (κ1) is 13.8. The van der Waals surface area contributed by atoms with Crippen LogP contribution in [0, 0.1) is 0 Å². The van der Waals surface area contributed by atoms with Gasteiger partial charge in [-0.25, -0.2) is 4.98 Å². The maximum atomic E-state index is 9.90. The Morgan fingerprint density at radius 1 is 0.957 bits per heavy atom. The van der Waals surface area contributed by atoms with Crippen LogP contribution in [0.5, 0.6) is 5.75 Å². The number of aromatic hydroxyl groups is 1. The highest BCUT2D eigenvalue weighted by molar-refractivity contribution is 5.84. The van der Waals surface area contributed by atoms with E-state index in [-0.39, 0.29) is 5.75 Å². The van der Waals surface area contributed by atoms with Gasteiger partial charge in [-0.1, -0.05) is 36.4 Å². The lowest BCUT2D eigenvalue weighted by Gasteiger charge is -2.06. The molecule has 0 aliphatic carbocycles. The van der Waals surface area contributed by atoms with Crippen LogP contribution in [-0.4, -0.2) is 15.1 Å². The molecule has 0 aliphatic heterocycles. The van der Waals surface area contributed by atoms with E-state index in [2.05, 4.69) is 27.4 Å². The van der Waals surface area contributed by atoms with Crippen molar-refractivity contribution in [1.82, 2.24) is 15.3 Å². The molecule has 114 valence electrons. The highest BCUT2D eigenvalue weighted by atomic mass is 16.3. The van der Waals surface area contributed by atoms with Gasteiger partial charge in [0.15, 0.2) is 0 Å². The van der Waals surface area contributed by atoms with Crippen LogP contribution in [-0.2, 0) is 13.1 Å². The van der Waals surface area contributed by atoms with E-state index in [1.807, 2.05) is 42.6 Å². The molecule has 2 aromatic heterocycles. The topological polar surface area (TPSA) is 60.9 Å². The van der Waals surface area contributed by atoms with Crippen LogP contribution in [0.2, 0.25) is 0 Å². The molecular weight excluding hydrogens is 286 g/mol. The van der Waals surface area contributed by atoms with Gasteiger partial charge in [0.1, 0.15) is 11.3 Å². The molecule has 23 heavy (non-hydrogen) atoms. The summed E-state index contributed by atoms with van der Waals surface area (Å²) >= 11 is 0. The molecule has 4 heteroatoms. The van der Waals surface area contributed by atoms with Crippen molar-refractivity contribution in [3.63, 3.8) is 0 Å². The molecule has 3 N–H and O–H groups in total. The number of rotatable bonds is 4. The first-order chi connectivity index (χ1) is 11.3. The fourth-order valence-corrected chi connectivity index (χ4v) is 2.87. The molecule has 4 nitrogen and oxygen atoms in total.